The first-order chi connectivity index (χ1) is 15.0. The third-order valence-corrected chi connectivity index (χ3v) is 7.09. The van der Waals surface area contributed by atoms with Crippen molar-refractivity contribution in [2.24, 2.45) is 5.92 Å². The molecule has 2 unspecified atom stereocenters. The van der Waals surface area contributed by atoms with E-state index in [4.69, 9.17) is 4.74 Å². The number of ether oxygens (including phenoxy) is 1. The van der Waals surface area contributed by atoms with Gasteiger partial charge in [-0.2, -0.15) is 0 Å². The third-order valence-electron chi connectivity index (χ3n) is 7.09. The summed E-state index contributed by atoms with van der Waals surface area (Å²) in [4.78, 5) is 4.85. The van der Waals surface area contributed by atoms with E-state index in [-0.39, 0.29) is 36.5 Å². The van der Waals surface area contributed by atoms with Crippen LogP contribution in [-0.4, -0.2) is 54.7 Å². The topological polar surface area (TPSA) is 35.9 Å². The van der Waals surface area contributed by atoms with Crippen LogP contribution >= 0.6 is 24.8 Å². The molecule has 1 N–H and O–H groups in total. The van der Waals surface area contributed by atoms with Gasteiger partial charge < -0.3 is 19.6 Å². The van der Waals surface area contributed by atoms with Crippen LogP contribution in [0.4, 0.5) is 4.39 Å². The lowest BCUT2D eigenvalue weighted by Crippen LogP contribution is -2.46. The van der Waals surface area contributed by atoms with Crippen LogP contribution in [0.3, 0.4) is 0 Å². The van der Waals surface area contributed by atoms with E-state index in [1.165, 1.54) is 6.07 Å². The van der Waals surface area contributed by atoms with E-state index in [0.717, 1.165) is 64.0 Å². The molecule has 33 heavy (non-hydrogen) atoms. The van der Waals surface area contributed by atoms with Gasteiger partial charge >= 0.3 is 0 Å². The van der Waals surface area contributed by atoms with Crippen LogP contribution in [0.1, 0.15) is 43.2 Å². The lowest BCUT2D eigenvalue weighted by molar-refractivity contribution is -0.0610. The number of nitrogens with zero attached hydrogens (tertiary/aromatic N) is 2. The fraction of sp³-hybridized carbons (Fsp3) is 0.538. The average Bonchev–Trinajstić information content (AvgIpc) is 2.79. The Morgan fingerprint density at radius 2 is 1.76 bits per heavy atom. The van der Waals surface area contributed by atoms with Crippen molar-refractivity contribution in [1.29, 1.82) is 0 Å². The van der Waals surface area contributed by atoms with E-state index in [2.05, 4.69) is 16.8 Å². The van der Waals surface area contributed by atoms with E-state index in [1.54, 1.807) is 6.07 Å². The van der Waals surface area contributed by atoms with E-state index >= 15 is 0 Å². The molecule has 2 aliphatic rings. The monoisotopic (exact) mass is 498 g/mol. The van der Waals surface area contributed by atoms with Crippen LogP contribution in [0, 0.1) is 11.7 Å². The molecule has 0 bridgehead atoms. The minimum Gasteiger partial charge on any atom is -0.486 e. The molecule has 1 saturated carbocycles. The number of piperazine rings is 1. The second-order valence-electron chi connectivity index (χ2n) is 9.22. The highest BCUT2D eigenvalue weighted by Gasteiger charge is 2.40. The minimum atomic E-state index is -0.955. The minimum absolute atomic E-state index is 0. The second kappa shape index (κ2) is 12.9. The lowest BCUT2D eigenvalue weighted by Gasteiger charge is -2.42. The molecular weight excluding hydrogens is 462 g/mol. The van der Waals surface area contributed by atoms with Gasteiger partial charge in [0.05, 0.1) is 5.60 Å². The van der Waals surface area contributed by atoms with Crippen LogP contribution in [0.2, 0.25) is 0 Å². The molecule has 0 radical (unpaired) electrons. The van der Waals surface area contributed by atoms with Crippen molar-refractivity contribution in [2.45, 2.75) is 44.3 Å². The third kappa shape index (κ3) is 7.06. The molecule has 2 aromatic carbocycles. The van der Waals surface area contributed by atoms with Gasteiger partial charge in [-0.3, -0.25) is 0 Å². The van der Waals surface area contributed by atoms with Gasteiger partial charge in [-0.15, -0.1) is 24.8 Å². The molecule has 1 aliphatic heterocycles. The Labute approximate surface area is 209 Å². The van der Waals surface area contributed by atoms with Gasteiger partial charge in [0.25, 0.3) is 0 Å². The molecular formula is C26H37Cl2FN2O2. The molecule has 4 rings (SSSR count). The summed E-state index contributed by atoms with van der Waals surface area (Å²) in [6, 6.07) is 14.8. The number of aliphatic hydroxyl groups is 1. The summed E-state index contributed by atoms with van der Waals surface area (Å²) in [6.07, 6.45) is 4.77. The van der Waals surface area contributed by atoms with Crippen molar-refractivity contribution in [3.63, 3.8) is 0 Å². The maximum absolute atomic E-state index is 14.9. The van der Waals surface area contributed by atoms with Crippen LogP contribution in [-0.2, 0) is 12.2 Å². The summed E-state index contributed by atoms with van der Waals surface area (Å²) in [7, 11) is 2.17. The van der Waals surface area contributed by atoms with Crippen molar-refractivity contribution in [1.82, 2.24) is 9.80 Å². The van der Waals surface area contributed by atoms with E-state index in [9.17, 15) is 9.50 Å². The predicted molar refractivity (Wildman–Crippen MR) is 136 cm³/mol. The van der Waals surface area contributed by atoms with Gasteiger partial charge in [-0.25, -0.2) is 4.39 Å². The quantitative estimate of drug-likeness (QED) is 0.564. The molecule has 0 spiro atoms. The average molecular weight is 499 g/mol. The molecule has 184 valence electrons. The summed E-state index contributed by atoms with van der Waals surface area (Å²) < 4.78 is 20.6. The predicted octanol–water partition coefficient (Wildman–Crippen LogP) is 5.26. The Morgan fingerprint density at radius 1 is 1.03 bits per heavy atom. The Kier molecular flexibility index (Phi) is 10.9. The molecule has 2 aromatic rings. The molecule has 4 nitrogen and oxygen atoms in total. The first kappa shape index (κ1) is 27.9. The molecule has 1 heterocycles. The van der Waals surface area contributed by atoms with Gasteiger partial charge in [-0.05, 0) is 62.0 Å². The number of rotatable bonds is 7. The summed E-state index contributed by atoms with van der Waals surface area (Å²) in [5.74, 6) is 0.00244. The molecule has 2 fully saturated rings. The Morgan fingerprint density at radius 3 is 2.45 bits per heavy atom. The number of likely N-dealkylation sites (N-methyl/N-ethyl adjacent to an activating group) is 1. The lowest BCUT2D eigenvalue weighted by atomic mass is 9.70. The van der Waals surface area contributed by atoms with Crippen LogP contribution in [0.5, 0.6) is 5.75 Å². The maximum Gasteiger partial charge on any atom is 0.165 e. The number of hydrogen-bond acceptors (Lipinski definition) is 4. The van der Waals surface area contributed by atoms with Crippen LogP contribution in [0.25, 0.3) is 0 Å². The summed E-state index contributed by atoms with van der Waals surface area (Å²) in [5.41, 5.74) is 0.741. The summed E-state index contributed by atoms with van der Waals surface area (Å²) >= 11 is 0. The fourth-order valence-corrected chi connectivity index (χ4v) is 5.02. The number of halogens is 3. The fourth-order valence-electron chi connectivity index (χ4n) is 5.02. The number of hydrogen-bond donors (Lipinski definition) is 1. The van der Waals surface area contributed by atoms with Gasteiger partial charge in [-0.1, -0.05) is 49.2 Å². The van der Waals surface area contributed by atoms with Gasteiger partial charge in [0, 0.05) is 26.2 Å². The molecule has 1 aliphatic carbocycles. The first-order valence-electron chi connectivity index (χ1n) is 11.6. The molecule has 7 heteroatoms. The zero-order valence-electron chi connectivity index (χ0n) is 19.4. The van der Waals surface area contributed by atoms with Crippen LogP contribution < -0.4 is 4.74 Å². The molecule has 0 amide bonds. The van der Waals surface area contributed by atoms with Crippen molar-refractivity contribution < 1.29 is 14.2 Å². The number of benzene rings is 2. The normalized spacial score (nSPS) is 23.9. The van der Waals surface area contributed by atoms with Crippen LogP contribution in [0.15, 0.2) is 48.5 Å². The van der Waals surface area contributed by atoms with E-state index in [1.807, 2.05) is 36.4 Å². The highest BCUT2D eigenvalue weighted by Crippen LogP contribution is 2.44. The molecule has 2 atom stereocenters. The highest BCUT2D eigenvalue weighted by atomic mass is 35.5. The molecule has 1 saturated heterocycles. The van der Waals surface area contributed by atoms with Crippen molar-refractivity contribution in [3.8, 4) is 5.75 Å². The Bertz CT molecular complexity index is 849. The standard InChI is InChI=1S/C26H35FN2O2.2ClH/c1-28-15-17-29(18-16-28)14-12-22-9-5-6-13-26(22,30)23-10-11-25(24(27)19-23)31-20-21-7-3-2-4-8-21;;/h2-4,7-8,10-11,19,22,30H,5-6,9,12-18,20H2,1H3;2*1H. The Hall–Kier alpha value is -1.37. The zero-order chi connectivity index (χ0) is 21.7. The van der Waals surface area contributed by atoms with Gasteiger partial charge in [0.15, 0.2) is 11.6 Å². The Balaban J connectivity index is 0.00000193. The zero-order valence-corrected chi connectivity index (χ0v) is 21.1. The van der Waals surface area contributed by atoms with Crippen molar-refractivity contribution >= 4 is 24.8 Å². The maximum atomic E-state index is 14.9. The van der Waals surface area contributed by atoms with E-state index in [0.29, 0.717) is 18.6 Å². The SMILES string of the molecule is CN1CCN(CCC2CCCCC2(O)c2ccc(OCc3ccccc3)c(F)c2)CC1.Cl.Cl. The van der Waals surface area contributed by atoms with E-state index < -0.39 is 11.4 Å². The first-order valence-corrected chi connectivity index (χ1v) is 11.6. The van der Waals surface area contributed by atoms with Crippen molar-refractivity contribution in [2.75, 3.05) is 39.8 Å². The second-order valence-corrected chi connectivity index (χ2v) is 9.22. The largest absolute Gasteiger partial charge is 0.486 e. The molecule has 0 aromatic heterocycles. The smallest absolute Gasteiger partial charge is 0.165 e. The van der Waals surface area contributed by atoms with Gasteiger partial charge in [0.2, 0.25) is 0 Å². The highest BCUT2D eigenvalue weighted by molar-refractivity contribution is 5.85. The van der Waals surface area contributed by atoms with Gasteiger partial charge in [0.1, 0.15) is 6.61 Å². The summed E-state index contributed by atoms with van der Waals surface area (Å²) in [6.45, 7) is 5.71. The van der Waals surface area contributed by atoms with Crippen molar-refractivity contribution in [3.05, 3.63) is 65.5 Å². The summed E-state index contributed by atoms with van der Waals surface area (Å²) in [5, 5.41) is 11.7.